The van der Waals surface area contributed by atoms with Crippen LogP contribution in [0.1, 0.15) is 9.60 Å². The van der Waals surface area contributed by atoms with Crippen molar-refractivity contribution >= 4 is 64.6 Å². The van der Waals surface area contributed by atoms with Crippen LogP contribution in [0.2, 0.25) is 0 Å². The summed E-state index contributed by atoms with van der Waals surface area (Å²) in [4.78, 5) is 0. The van der Waals surface area contributed by atoms with Crippen molar-refractivity contribution in [2.24, 2.45) is 0 Å². The quantitative estimate of drug-likeness (QED) is 0.160. The van der Waals surface area contributed by atoms with Gasteiger partial charge < -0.3 is 0 Å². The largest absolute Gasteiger partial charge is 0.0630 e. The molecule has 0 bridgehead atoms. The molecule has 0 N–H and O–H groups in total. The Morgan fingerprint density at radius 1 is 0.350 bits per heavy atom. The van der Waals surface area contributed by atoms with Gasteiger partial charge in [0.2, 0.25) is 0 Å². The van der Waals surface area contributed by atoms with Crippen molar-refractivity contribution in [3.05, 3.63) is 145 Å². The molecule has 0 aliphatic heterocycles. The zero-order valence-electron chi connectivity index (χ0n) is 28.3. The van der Waals surface area contributed by atoms with Gasteiger partial charge in [-0.2, -0.15) is 0 Å². The summed E-state index contributed by atoms with van der Waals surface area (Å²) in [6, 6.07) is 32.3. The van der Waals surface area contributed by atoms with Gasteiger partial charge in [0, 0.05) is 0 Å². The van der Waals surface area contributed by atoms with Crippen molar-refractivity contribution in [1.82, 2.24) is 0 Å². The van der Waals surface area contributed by atoms with Crippen LogP contribution in [-0.2, 0) is 0 Å². The standard InChI is InChI=1S/C40H24/c1-2-8-25(9-3-1)31-20-16-27-18-22-35-36(23-19-28-17-21-34(31)37(27)38(28)35)40-33-13-7-5-11-29(33)24-30-15-14-26-10-4-6-12-32(26)39(30)40/h1-24H/i16D,17D,18D,19D,20D,22D,23D. The second kappa shape index (κ2) is 8.15. The molecular formula is C40H24. The highest BCUT2D eigenvalue weighted by Crippen LogP contribution is 2.46. The van der Waals surface area contributed by atoms with Crippen LogP contribution in [0.15, 0.2) is 145 Å². The van der Waals surface area contributed by atoms with E-state index in [0.717, 1.165) is 32.3 Å². The Morgan fingerprint density at radius 2 is 1.00 bits per heavy atom. The van der Waals surface area contributed by atoms with Gasteiger partial charge in [0.25, 0.3) is 0 Å². The van der Waals surface area contributed by atoms with Gasteiger partial charge in [-0.15, -0.1) is 0 Å². The summed E-state index contributed by atoms with van der Waals surface area (Å²) in [6.07, 6.45) is 0. The van der Waals surface area contributed by atoms with Crippen LogP contribution in [0.5, 0.6) is 0 Å². The van der Waals surface area contributed by atoms with E-state index in [0.29, 0.717) is 43.8 Å². The Labute approximate surface area is 241 Å². The molecule has 0 heteroatoms. The van der Waals surface area contributed by atoms with Gasteiger partial charge in [-0.1, -0.05) is 139 Å². The van der Waals surface area contributed by atoms with Gasteiger partial charge in [0.05, 0.1) is 9.60 Å². The van der Waals surface area contributed by atoms with Crippen LogP contribution in [0.4, 0.5) is 0 Å². The van der Waals surface area contributed by atoms with E-state index in [1.54, 1.807) is 6.07 Å². The predicted molar refractivity (Wildman–Crippen MR) is 174 cm³/mol. The first-order chi connectivity index (χ1) is 22.8. The zero-order chi connectivity index (χ0) is 32.3. The summed E-state index contributed by atoms with van der Waals surface area (Å²) in [5, 5.41) is 7.75. The van der Waals surface area contributed by atoms with Crippen LogP contribution in [0, 0.1) is 0 Å². The van der Waals surface area contributed by atoms with E-state index in [4.69, 9.17) is 2.74 Å². The highest BCUT2D eigenvalue weighted by atomic mass is 14.2. The maximum atomic E-state index is 9.55. The highest BCUT2D eigenvalue weighted by molar-refractivity contribution is 6.30. The third-order valence-electron chi connectivity index (χ3n) is 8.15. The lowest BCUT2D eigenvalue weighted by Crippen LogP contribution is -1.91. The highest BCUT2D eigenvalue weighted by Gasteiger charge is 2.18. The van der Waals surface area contributed by atoms with Gasteiger partial charge in [-0.05, 0) is 93.0 Å². The molecular weight excluding hydrogens is 480 g/mol. The average Bonchev–Trinajstić information content (AvgIpc) is 3.09. The van der Waals surface area contributed by atoms with Crippen LogP contribution in [0.25, 0.3) is 86.9 Å². The van der Waals surface area contributed by atoms with E-state index in [9.17, 15) is 6.85 Å². The maximum Gasteiger partial charge on any atom is 0.0630 e. The van der Waals surface area contributed by atoms with Crippen molar-refractivity contribution in [2.75, 3.05) is 0 Å². The monoisotopic (exact) mass is 511 g/mol. The van der Waals surface area contributed by atoms with E-state index in [1.165, 1.54) is 0 Å². The second-order valence-corrected chi connectivity index (χ2v) is 10.3. The van der Waals surface area contributed by atoms with E-state index in [1.807, 2.05) is 78.9 Å². The molecule has 0 saturated heterocycles. The minimum Gasteiger partial charge on any atom is -0.0622 e. The molecule has 0 unspecified atom stereocenters. The predicted octanol–water partition coefficient (Wildman–Crippen LogP) is 11.4. The summed E-state index contributed by atoms with van der Waals surface area (Å²) >= 11 is 0. The SMILES string of the molecule is [2H]c1c(-c2ccccc2)c2cc([2H])c3c([2H])c([2H])c(-c4c5ccccc5cc5ccc6ccccc6c45)c4c([2H])c([2H])c(c1[2H])c2c34. The Morgan fingerprint density at radius 3 is 1.88 bits per heavy atom. The molecule has 0 aliphatic rings. The van der Waals surface area contributed by atoms with Crippen molar-refractivity contribution in [3.63, 3.8) is 0 Å². The smallest absolute Gasteiger partial charge is 0.0622 e. The van der Waals surface area contributed by atoms with Crippen LogP contribution in [-0.4, -0.2) is 0 Å². The molecule has 0 heterocycles. The van der Waals surface area contributed by atoms with E-state index in [2.05, 4.69) is 18.2 Å². The summed E-state index contributed by atoms with van der Waals surface area (Å²) in [7, 11) is 0. The van der Waals surface area contributed by atoms with Gasteiger partial charge in [-0.3, -0.25) is 0 Å². The molecule has 0 aromatic heterocycles. The van der Waals surface area contributed by atoms with E-state index >= 15 is 0 Å². The molecule has 0 spiro atoms. The van der Waals surface area contributed by atoms with Crippen LogP contribution >= 0.6 is 0 Å². The fourth-order valence-corrected chi connectivity index (χ4v) is 6.38. The number of rotatable bonds is 2. The van der Waals surface area contributed by atoms with Gasteiger partial charge in [0.1, 0.15) is 0 Å². The second-order valence-electron chi connectivity index (χ2n) is 10.3. The topological polar surface area (TPSA) is 0 Å². The zero-order valence-corrected chi connectivity index (χ0v) is 21.3. The van der Waals surface area contributed by atoms with Gasteiger partial charge in [0.15, 0.2) is 0 Å². The maximum absolute atomic E-state index is 9.55. The molecule has 0 atom stereocenters. The average molecular weight is 512 g/mol. The summed E-state index contributed by atoms with van der Waals surface area (Å²) in [6.45, 7) is 0. The van der Waals surface area contributed by atoms with Crippen molar-refractivity contribution in [3.8, 4) is 22.3 Å². The van der Waals surface area contributed by atoms with Crippen LogP contribution < -0.4 is 0 Å². The fraction of sp³-hybridized carbons (Fsp3) is 0. The van der Waals surface area contributed by atoms with Gasteiger partial charge >= 0.3 is 0 Å². The molecule has 184 valence electrons. The van der Waals surface area contributed by atoms with Crippen LogP contribution in [0.3, 0.4) is 0 Å². The Bertz CT molecular complexity index is 2800. The number of benzene rings is 9. The summed E-state index contributed by atoms with van der Waals surface area (Å²) in [5.41, 5.74) is 2.26. The Balaban J connectivity index is 1.61. The summed E-state index contributed by atoms with van der Waals surface area (Å²) in [5.74, 6) is 0. The first-order valence-corrected chi connectivity index (χ1v) is 13.4. The molecule has 40 heavy (non-hydrogen) atoms. The number of hydrogen-bond donors (Lipinski definition) is 0. The van der Waals surface area contributed by atoms with Crippen molar-refractivity contribution in [2.45, 2.75) is 0 Å². The third-order valence-corrected chi connectivity index (χ3v) is 8.15. The molecule has 0 amide bonds. The minimum absolute atomic E-state index is 0.00789. The molecule has 9 rings (SSSR count). The molecule has 0 nitrogen and oxygen atoms in total. The van der Waals surface area contributed by atoms with Crippen molar-refractivity contribution < 1.29 is 9.60 Å². The lowest BCUT2D eigenvalue weighted by atomic mass is 9.84. The van der Waals surface area contributed by atoms with Crippen molar-refractivity contribution in [1.29, 1.82) is 0 Å². The Hall–Kier alpha value is -5.20. The lowest BCUT2D eigenvalue weighted by Gasteiger charge is -2.19. The number of fused-ring (bicyclic) bond motifs is 4. The molecule has 0 aliphatic carbocycles. The third kappa shape index (κ3) is 2.96. The Kier molecular flexibility index (Phi) is 3.27. The van der Waals surface area contributed by atoms with Gasteiger partial charge in [-0.25, -0.2) is 0 Å². The van der Waals surface area contributed by atoms with E-state index in [-0.39, 0.29) is 53.1 Å². The molecule has 0 saturated carbocycles. The molecule has 0 fully saturated rings. The first kappa shape index (κ1) is 16.0. The molecule has 0 radical (unpaired) electrons. The molecule has 9 aromatic rings. The fourth-order valence-electron chi connectivity index (χ4n) is 6.38. The number of hydrogen-bond acceptors (Lipinski definition) is 0. The van der Waals surface area contributed by atoms with E-state index < -0.39 is 0 Å². The minimum atomic E-state index is -0.201. The summed E-state index contributed by atoms with van der Waals surface area (Å²) < 4.78 is 65.1. The lowest BCUT2D eigenvalue weighted by molar-refractivity contribution is 1.66. The normalized spacial score (nSPS) is 14.4. The first-order valence-electron chi connectivity index (χ1n) is 16.9. The molecule has 9 aromatic carbocycles.